The molecule has 114 valence electrons. The first kappa shape index (κ1) is 15.8. The third-order valence-corrected chi connectivity index (χ3v) is 4.65. The van der Waals surface area contributed by atoms with Crippen molar-refractivity contribution < 1.29 is 4.79 Å². The fraction of sp³-hybridized carbons (Fsp3) is 0.100. The number of fused-ring (bicyclic) bond motifs is 1. The minimum Gasteiger partial charge on any atom is -0.287 e. The lowest BCUT2D eigenvalue weighted by Gasteiger charge is -2.19. The van der Waals surface area contributed by atoms with Gasteiger partial charge in [0.15, 0.2) is 10.5 Å². The van der Waals surface area contributed by atoms with Gasteiger partial charge < -0.3 is 0 Å². The Morgan fingerprint density at radius 3 is 2.46 bits per heavy atom. The van der Waals surface area contributed by atoms with Crippen LogP contribution < -0.4 is 0 Å². The Hall–Kier alpha value is -3.04. The van der Waals surface area contributed by atoms with Crippen molar-refractivity contribution in [3.63, 3.8) is 0 Å². The van der Waals surface area contributed by atoms with Crippen LogP contribution in [-0.2, 0) is 4.79 Å². The summed E-state index contributed by atoms with van der Waals surface area (Å²) in [6.45, 7) is 1.51. The second kappa shape index (κ2) is 6.22. The first-order valence-corrected chi connectivity index (χ1v) is 8.10. The van der Waals surface area contributed by atoms with Crippen LogP contribution in [0.4, 0.5) is 0 Å². The first-order valence-electron chi connectivity index (χ1n) is 7.29. The van der Waals surface area contributed by atoms with E-state index < -0.39 is 5.41 Å². The van der Waals surface area contributed by atoms with Crippen LogP contribution in [-0.4, -0.2) is 5.12 Å². The minimum absolute atomic E-state index is 0.0146. The molecule has 0 spiro atoms. The number of rotatable bonds is 2. The van der Waals surface area contributed by atoms with Crippen molar-refractivity contribution >= 4 is 22.5 Å². The zero-order valence-electron chi connectivity index (χ0n) is 12.9. The molecule has 0 aliphatic heterocycles. The van der Waals surface area contributed by atoms with E-state index in [4.69, 9.17) is 0 Å². The highest BCUT2D eigenvalue weighted by Gasteiger charge is 2.45. The molecule has 0 radical (unpaired) electrons. The van der Waals surface area contributed by atoms with Gasteiger partial charge in [-0.2, -0.15) is 10.5 Å². The monoisotopic (exact) mass is 328 g/mol. The summed E-state index contributed by atoms with van der Waals surface area (Å²) in [5.74, 6) is 0. The van der Waals surface area contributed by atoms with Crippen LogP contribution in [0, 0.1) is 28.1 Å². The molecule has 0 unspecified atom stereocenters. The van der Waals surface area contributed by atoms with Gasteiger partial charge in [0.2, 0.25) is 0 Å². The van der Waals surface area contributed by atoms with Crippen molar-refractivity contribution in [2.75, 3.05) is 0 Å². The van der Waals surface area contributed by atoms with Gasteiger partial charge in [0.25, 0.3) is 0 Å². The quantitative estimate of drug-likeness (QED) is 0.598. The third-order valence-electron chi connectivity index (χ3n) is 3.86. The zero-order chi connectivity index (χ0) is 17.2. The van der Waals surface area contributed by atoms with Crippen LogP contribution in [0.1, 0.15) is 12.5 Å². The summed E-state index contributed by atoms with van der Waals surface area (Å²) < 4.78 is 0. The second-order valence-corrected chi connectivity index (χ2v) is 6.59. The van der Waals surface area contributed by atoms with Crippen LogP contribution in [0.2, 0.25) is 0 Å². The predicted molar refractivity (Wildman–Crippen MR) is 93.4 cm³/mol. The lowest BCUT2D eigenvalue weighted by atomic mass is 9.77. The average molecular weight is 328 g/mol. The molecule has 0 fully saturated rings. The van der Waals surface area contributed by atoms with E-state index in [9.17, 15) is 15.3 Å². The third kappa shape index (κ3) is 2.55. The van der Waals surface area contributed by atoms with E-state index >= 15 is 0 Å². The van der Waals surface area contributed by atoms with Crippen LogP contribution in [0.25, 0.3) is 5.57 Å². The summed E-state index contributed by atoms with van der Waals surface area (Å²) in [7, 11) is 0. The van der Waals surface area contributed by atoms with E-state index in [1.165, 1.54) is 6.92 Å². The van der Waals surface area contributed by atoms with Crippen molar-refractivity contribution in [2.45, 2.75) is 11.8 Å². The van der Waals surface area contributed by atoms with Crippen LogP contribution >= 0.6 is 11.8 Å². The van der Waals surface area contributed by atoms with E-state index in [0.717, 1.165) is 27.8 Å². The molecular formula is C20H12N2OS. The average Bonchev–Trinajstić information content (AvgIpc) is 2.71. The predicted octanol–water partition coefficient (Wildman–Crippen LogP) is 4.33. The lowest BCUT2D eigenvalue weighted by Crippen LogP contribution is -2.17. The molecule has 24 heavy (non-hydrogen) atoms. The van der Waals surface area contributed by atoms with Gasteiger partial charge in [-0.3, -0.25) is 4.79 Å². The molecule has 3 nitrogen and oxygen atoms in total. The fourth-order valence-electron chi connectivity index (χ4n) is 2.79. The molecule has 1 aromatic rings. The van der Waals surface area contributed by atoms with Crippen molar-refractivity contribution in [3.05, 3.63) is 77.1 Å². The molecule has 3 rings (SSSR count). The van der Waals surface area contributed by atoms with Gasteiger partial charge in [-0.1, -0.05) is 42.1 Å². The first-order chi connectivity index (χ1) is 11.6. The van der Waals surface area contributed by atoms with Gasteiger partial charge >= 0.3 is 0 Å². The Morgan fingerprint density at radius 2 is 1.83 bits per heavy atom. The lowest BCUT2D eigenvalue weighted by molar-refractivity contribution is -0.109. The standard InChI is InChI=1S/C20H12N2OS/c1-14(23)24-17-9-7-15(8-10-17)19-11-16-5-3-2-4-6-18(16)20(19,12-21)13-22/h2-4,6-11H,1H3. The van der Waals surface area contributed by atoms with Crippen LogP contribution in [0.3, 0.4) is 0 Å². The Morgan fingerprint density at radius 1 is 1.12 bits per heavy atom. The molecule has 0 atom stereocenters. The van der Waals surface area contributed by atoms with E-state index in [2.05, 4.69) is 17.9 Å². The number of benzene rings is 1. The number of carbonyl (C=O) groups is 1. The van der Waals surface area contributed by atoms with Crippen molar-refractivity contribution in [3.8, 4) is 12.1 Å². The summed E-state index contributed by atoms with van der Waals surface area (Å²) >= 11 is 1.15. The van der Waals surface area contributed by atoms with Crippen molar-refractivity contribution in [1.82, 2.24) is 0 Å². The van der Waals surface area contributed by atoms with Crippen LogP contribution in [0.5, 0.6) is 0 Å². The number of thioether (sulfide) groups is 1. The second-order valence-electron chi connectivity index (χ2n) is 5.34. The largest absolute Gasteiger partial charge is 0.287 e. The van der Waals surface area contributed by atoms with Crippen LogP contribution in [0.15, 0.2) is 76.4 Å². The van der Waals surface area contributed by atoms with Crippen molar-refractivity contribution in [2.24, 2.45) is 5.41 Å². The van der Waals surface area contributed by atoms with Crippen molar-refractivity contribution in [1.29, 1.82) is 10.5 Å². The van der Waals surface area contributed by atoms with E-state index in [1.54, 1.807) is 12.2 Å². The molecule has 0 saturated heterocycles. The van der Waals surface area contributed by atoms with E-state index in [0.29, 0.717) is 11.1 Å². The molecule has 1 aromatic carbocycles. The molecule has 2 aliphatic rings. The Labute approximate surface area is 144 Å². The number of allylic oxidation sites excluding steroid dienone is 7. The van der Waals surface area contributed by atoms with E-state index in [1.807, 2.05) is 42.5 Å². The Balaban J connectivity index is 2.12. The Kier molecular flexibility index (Phi) is 4.11. The molecule has 4 heteroatoms. The normalized spacial score (nSPS) is 16.9. The zero-order valence-corrected chi connectivity index (χ0v) is 13.7. The van der Waals surface area contributed by atoms with Gasteiger partial charge in [0.1, 0.15) is 0 Å². The van der Waals surface area contributed by atoms with Gasteiger partial charge in [0, 0.05) is 23.0 Å². The number of carbonyl (C=O) groups excluding carboxylic acids is 1. The molecule has 0 heterocycles. The molecular weight excluding hydrogens is 316 g/mol. The SMILES string of the molecule is CC(=O)Sc1ccc(C2=CC3=C=CC=CC=C3C2(C#N)C#N)cc1. The van der Waals surface area contributed by atoms with Gasteiger partial charge in [-0.15, -0.1) is 5.73 Å². The summed E-state index contributed by atoms with van der Waals surface area (Å²) in [4.78, 5) is 12.0. The van der Waals surface area contributed by atoms with Gasteiger partial charge in [0.05, 0.1) is 12.1 Å². The molecule has 0 saturated carbocycles. The maximum absolute atomic E-state index is 11.2. The maximum atomic E-state index is 11.2. The highest BCUT2D eigenvalue weighted by Crippen LogP contribution is 2.50. The topological polar surface area (TPSA) is 64.7 Å². The maximum Gasteiger partial charge on any atom is 0.195 e. The molecule has 2 aliphatic carbocycles. The molecule has 0 bridgehead atoms. The van der Waals surface area contributed by atoms with Gasteiger partial charge in [-0.25, -0.2) is 0 Å². The minimum atomic E-state index is -1.35. The highest BCUT2D eigenvalue weighted by molar-refractivity contribution is 8.13. The highest BCUT2D eigenvalue weighted by atomic mass is 32.2. The number of hydrogen-bond acceptors (Lipinski definition) is 4. The summed E-state index contributed by atoms with van der Waals surface area (Å²) in [6, 6.07) is 11.7. The summed E-state index contributed by atoms with van der Waals surface area (Å²) in [6.07, 6.45) is 9.03. The number of nitriles is 2. The van der Waals surface area contributed by atoms with E-state index in [-0.39, 0.29) is 5.12 Å². The summed E-state index contributed by atoms with van der Waals surface area (Å²) in [5.41, 5.74) is 4.60. The smallest absolute Gasteiger partial charge is 0.195 e. The molecule has 0 aromatic heterocycles. The van der Waals surface area contributed by atoms with Gasteiger partial charge in [-0.05, 0) is 35.4 Å². The Bertz CT molecular complexity index is 942. The number of hydrogen-bond donors (Lipinski definition) is 0. The molecule has 0 N–H and O–H groups in total. The fourth-order valence-corrected chi connectivity index (χ4v) is 3.40. The summed E-state index contributed by atoms with van der Waals surface area (Å²) in [5, 5.41) is 19.6. The number of nitrogens with zero attached hydrogens (tertiary/aromatic N) is 2. The molecule has 0 amide bonds.